The Kier molecular flexibility index (Phi) is 5.42. The third-order valence-electron chi connectivity index (χ3n) is 3.71. The molecule has 0 radical (unpaired) electrons. The average Bonchev–Trinajstić information content (AvgIpc) is 2.87. The molecule has 0 bridgehead atoms. The molecule has 1 aromatic heterocycles. The summed E-state index contributed by atoms with van der Waals surface area (Å²) in [5, 5.41) is 7.92. The zero-order valence-electron chi connectivity index (χ0n) is 13.0. The summed E-state index contributed by atoms with van der Waals surface area (Å²) >= 11 is 3.62. The Morgan fingerprint density at radius 1 is 1.38 bits per heavy atom. The number of aromatic nitrogens is 2. The molecule has 5 heteroatoms. The van der Waals surface area contributed by atoms with Gasteiger partial charge in [0.25, 0.3) is 0 Å². The molecule has 1 atom stereocenters. The first-order chi connectivity index (χ1) is 10.1. The van der Waals surface area contributed by atoms with Crippen molar-refractivity contribution in [2.75, 3.05) is 14.2 Å². The van der Waals surface area contributed by atoms with Gasteiger partial charge in [0.05, 0.1) is 24.5 Å². The zero-order valence-corrected chi connectivity index (χ0v) is 14.6. The van der Waals surface area contributed by atoms with Crippen LogP contribution in [0.15, 0.2) is 28.7 Å². The van der Waals surface area contributed by atoms with Crippen molar-refractivity contribution in [3.05, 3.63) is 45.7 Å². The van der Waals surface area contributed by atoms with Gasteiger partial charge < -0.3 is 10.1 Å². The summed E-state index contributed by atoms with van der Waals surface area (Å²) in [5.74, 6) is 0.877. The number of ether oxygens (including phenoxy) is 1. The number of benzene rings is 1. The monoisotopic (exact) mass is 351 g/mol. The minimum Gasteiger partial charge on any atom is -0.497 e. The van der Waals surface area contributed by atoms with Crippen molar-refractivity contribution in [3.63, 3.8) is 0 Å². The van der Waals surface area contributed by atoms with Crippen LogP contribution in [0.5, 0.6) is 5.75 Å². The number of hydrogen-bond donors (Lipinski definition) is 1. The maximum atomic E-state index is 5.32. The van der Waals surface area contributed by atoms with Crippen LogP contribution in [0.1, 0.15) is 29.9 Å². The molecule has 0 saturated carbocycles. The molecule has 1 N–H and O–H groups in total. The number of methoxy groups -OCH3 is 1. The van der Waals surface area contributed by atoms with Gasteiger partial charge in [-0.1, -0.05) is 22.9 Å². The van der Waals surface area contributed by atoms with Gasteiger partial charge >= 0.3 is 0 Å². The SMILES string of the molecule is CCc1cc(C(Cc2cc(OC)ccc2Br)NC)n(C)n1. The molecule has 1 heterocycles. The predicted molar refractivity (Wildman–Crippen MR) is 88.8 cm³/mol. The van der Waals surface area contributed by atoms with E-state index in [1.54, 1.807) is 7.11 Å². The normalized spacial score (nSPS) is 12.4. The first-order valence-corrected chi connectivity index (χ1v) is 7.90. The van der Waals surface area contributed by atoms with E-state index in [-0.39, 0.29) is 6.04 Å². The van der Waals surface area contributed by atoms with Crippen molar-refractivity contribution < 1.29 is 4.74 Å². The number of likely N-dealkylation sites (N-methyl/N-ethyl adjacent to an activating group) is 1. The van der Waals surface area contributed by atoms with Gasteiger partial charge in [-0.3, -0.25) is 4.68 Å². The predicted octanol–water partition coefficient (Wildman–Crippen LogP) is 3.26. The fourth-order valence-electron chi connectivity index (χ4n) is 2.45. The summed E-state index contributed by atoms with van der Waals surface area (Å²) < 4.78 is 8.38. The number of rotatable bonds is 6. The van der Waals surface area contributed by atoms with Crippen LogP contribution in [-0.2, 0) is 19.9 Å². The number of nitrogens with one attached hydrogen (secondary N) is 1. The second-order valence-corrected chi connectivity index (χ2v) is 5.89. The van der Waals surface area contributed by atoms with E-state index in [0.29, 0.717) is 0 Å². The molecule has 4 nitrogen and oxygen atoms in total. The molecule has 0 fully saturated rings. The minimum atomic E-state index is 0.214. The fraction of sp³-hybridized carbons (Fsp3) is 0.438. The Bertz CT molecular complexity index is 610. The summed E-state index contributed by atoms with van der Waals surface area (Å²) in [6, 6.07) is 8.45. The summed E-state index contributed by atoms with van der Waals surface area (Å²) in [5.41, 5.74) is 3.54. The fourth-order valence-corrected chi connectivity index (χ4v) is 2.86. The first-order valence-electron chi connectivity index (χ1n) is 7.11. The lowest BCUT2D eigenvalue weighted by Gasteiger charge is -2.18. The van der Waals surface area contributed by atoms with Crippen LogP contribution in [-0.4, -0.2) is 23.9 Å². The number of aryl methyl sites for hydroxylation is 2. The highest BCUT2D eigenvalue weighted by Crippen LogP contribution is 2.27. The van der Waals surface area contributed by atoms with E-state index in [0.717, 1.165) is 28.8 Å². The summed E-state index contributed by atoms with van der Waals surface area (Å²) in [4.78, 5) is 0. The van der Waals surface area contributed by atoms with Crippen LogP contribution >= 0.6 is 15.9 Å². The van der Waals surface area contributed by atoms with Gasteiger partial charge in [0.15, 0.2) is 0 Å². The van der Waals surface area contributed by atoms with Gasteiger partial charge in [-0.2, -0.15) is 5.10 Å². The minimum absolute atomic E-state index is 0.214. The molecular weight excluding hydrogens is 330 g/mol. The van der Waals surface area contributed by atoms with E-state index >= 15 is 0 Å². The standard InChI is InChI=1S/C16H22BrN3O/c1-5-12-10-16(20(3)19-12)15(18-2)9-11-8-13(21-4)6-7-14(11)17/h6-8,10,15,18H,5,9H2,1-4H3. The molecule has 21 heavy (non-hydrogen) atoms. The van der Waals surface area contributed by atoms with Crippen LogP contribution in [0.2, 0.25) is 0 Å². The van der Waals surface area contributed by atoms with E-state index in [1.165, 1.54) is 11.3 Å². The maximum Gasteiger partial charge on any atom is 0.119 e. The molecule has 0 saturated heterocycles. The van der Waals surface area contributed by atoms with E-state index < -0.39 is 0 Å². The summed E-state index contributed by atoms with van der Waals surface area (Å²) in [6.07, 6.45) is 1.82. The molecule has 0 aliphatic heterocycles. The van der Waals surface area contributed by atoms with Crippen molar-refractivity contribution in [3.8, 4) is 5.75 Å². The highest BCUT2D eigenvalue weighted by Gasteiger charge is 2.17. The largest absolute Gasteiger partial charge is 0.497 e. The number of hydrogen-bond acceptors (Lipinski definition) is 3. The van der Waals surface area contributed by atoms with Crippen LogP contribution in [0.4, 0.5) is 0 Å². The van der Waals surface area contributed by atoms with Gasteiger partial charge in [-0.25, -0.2) is 0 Å². The third-order valence-corrected chi connectivity index (χ3v) is 4.48. The Morgan fingerprint density at radius 3 is 2.71 bits per heavy atom. The Labute approximate surface area is 134 Å². The summed E-state index contributed by atoms with van der Waals surface area (Å²) in [6.45, 7) is 2.12. The second kappa shape index (κ2) is 7.09. The van der Waals surface area contributed by atoms with Crippen LogP contribution in [0, 0.1) is 0 Å². The third kappa shape index (κ3) is 3.66. The summed E-state index contributed by atoms with van der Waals surface area (Å²) in [7, 11) is 5.67. The van der Waals surface area contributed by atoms with Crippen LogP contribution in [0.3, 0.4) is 0 Å². The van der Waals surface area contributed by atoms with Gasteiger partial charge in [-0.15, -0.1) is 0 Å². The quantitative estimate of drug-likeness (QED) is 0.867. The lowest BCUT2D eigenvalue weighted by atomic mass is 10.0. The Hall–Kier alpha value is -1.33. The van der Waals surface area contributed by atoms with Gasteiger partial charge in [0.2, 0.25) is 0 Å². The van der Waals surface area contributed by atoms with Crippen LogP contribution < -0.4 is 10.1 Å². The van der Waals surface area contributed by atoms with Crippen molar-refractivity contribution in [2.45, 2.75) is 25.8 Å². The molecule has 2 aromatic rings. The lowest BCUT2D eigenvalue weighted by molar-refractivity contribution is 0.413. The molecule has 0 aliphatic carbocycles. The Balaban J connectivity index is 2.28. The Morgan fingerprint density at radius 2 is 2.14 bits per heavy atom. The maximum absolute atomic E-state index is 5.32. The molecule has 1 unspecified atom stereocenters. The lowest BCUT2D eigenvalue weighted by Crippen LogP contribution is -2.21. The number of halogens is 1. The molecule has 114 valence electrons. The molecule has 0 aliphatic rings. The van der Waals surface area contributed by atoms with Crippen molar-refractivity contribution in [2.24, 2.45) is 7.05 Å². The van der Waals surface area contributed by atoms with Crippen molar-refractivity contribution in [1.82, 2.24) is 15.1 Å². The van der Waals surface area contributed by atoms with Crippen LogP contribution in [0.25, 0.3) is 0 Å². The topological polar surface area (TPSA) is 39.1 Å². The highest BCUT2D eigenvalue weighted by molar-refractivity contribution is 9.10. The van der Waals surface area contributed by atoms with E-state index in [2.05, 4.69) is 45.4 Å². The smallest absolute Gasteiger partial charge is 0.119 e. The highest BCUT2D eigenvalue weighted by atomic mass is 79.9. The molecule has 1 aromatic carbocycles. The zero-order chi connectivity index (χ0) is 15.4. The first kappa shape index (κ1) is 16.0. The molecular formula is C16H22BrN3O. The van der Waals surface area contributed by atoms with Crippen molar-refractivity contribution in [1.29, 1.82) is 0 Å². The molecule has 0 amide bonds. The average molecular weight is 352 g/mol. The van der Waals surface area contributed by atoms with Gasteiger partial charge in [0, 0.05) is 11.5 Å². The van der Waals surface area contributed by atoms with E-state index in [1.807, 2.05) is 30.9 Å². The second-order valence-electron chi connectivity index (χ2n) is 5.04. The van der Waals surface area contributed by atoms with Gasteiger partial charge in [-0.05, 0) is 49.7 Å². The van der Waals surface area contributed by atoms with E-state index in [4.69, 9.17) is 4.74 Å². The molecule has 0 spiro atoms. The van der Waals surface area contributed by atoms with Gasteiger partial charge in [0.1, 0.15) is 5.75 Å². The number of nitrogens with zero attached hydrogens (tertiary/aromatic N) is 2. The van der Waals surface area contributed by atoms with E-state index in [9.17, 15) is 0 Å². The molecule has 2 rings (SSSR count). The van der Waals surface area contributed by atoms with Crippen molar-refractivity contribution >= 4 is 15.9 Å².